The number of hydrogen-bond donors (Lipinski definition) is 4. The van der Waals surface area contributed by atoms with E-state index in [4.69, 9.17) is 5.11 Å². The van der Waals surface area contributed by atoms with Crippen molar-refractivity contribution in [1.82, 2.24) is 10.6 Å². The molecule has 1 saturated heterocycles. The van der Waals surface area contributed by atoms with Crippen LogP contribution in [0.25, 0.3) is 0 Å². The second-order valence-electron chi connectivity index (χ2n) is 4.98. The number of carboxylic acids is 1. The van der Waals surface area contributed by atoms with E-state index in [0.29, 0.717) is 6.42 Å². The Morgan fingerprint density at radius 3 is 2.59 bits per heavy atom. The molecule has 0 saturated carbocycles. The van der Waals surface area contributed by atoms with Crippen LogP contribution in [0.3, 0.4) is 0 Å². The van der Waals surface area contributed by atoms with Crippen molar-refractivity contribution in [2.24, 2.45) is 0 Å². The Kier molecular flexibility index (Phi) is 4.11. The number of carbonyl (C=O) groups excluding carboxylic acids is 1. The zero-order valence-corrected chi connectivity index (χ0v) is 10.2. The van der Waals surface area contributed by atoms with Crippen LogP contribution in [0, 0.1) is 0 Å². The standard InChI is InChI=1S/C11H20N2O4/c1-10(5-3-4-6-13-10)8(14)12-7-11(2,17)9(15)16/h13,17H,3-7H2,1-2H3,(H,12,14)(H,15,16). The van der Waals surface area contributed by atoms with Crippen LogP contribution in [-0.2, 0) is 9.59 Å². The van der Waals surface area contributed by atoms with E-state index in [2.05, 4.69) is 10.6 Å². The Balaban J connectivity index is 2.52. The van der Waals surface area contributed by atoms with Gasteiger partial charge >= 0.3 is 5.97 Å². The van der Waals surface area contributed by atoms with Crippen LogP contribution >= 0.6 is 0 Å². The van der Waals surface area contributed by atoms with Crippen LogP contribution in [0.15, 0.2) is 0 Å². The summed E-state index contributed by atoms with van der Waals surface area (Å²) in [4.78, 5) is 22.6. The molecule has 98 valence electrons. The van der Waals surface area contributed by atoms with Gasteiger partial charge in [-0.2, -0.15) is 0 Å². The lowest BCUT2D eigenvalue weighted by molar-refractivity contribution is -0.156. The Morgan fingerprint density at radius 2 is 2.12 bits per heavy atom. The number of nitrogens with one attached hydrogen (secondary N) is 2. The van der Waals surface area contributed by atoms with E-state index >= 15 is 0 Å². The molecule has 0 aromatic rings. The van der Waals surface area contributed by atoms with Crippen LogP contribution < -0.4 is 10.6 Å². The minimum Gasteiger partial charge on any atom is -0.479 e. The molecule has 1 fully saturated rings. The molecule has 0 aromatic carbocycles. The summed E-state index contributed by atoms with van der Waals surface area (Å²) in [5.41, 5.74) is -2.59. The van der Waals surface area contributed by atoms with Crippen molar-refractivity contribution in [1.29, 1.82) is 0 Å². The van der Waals surface area contributed by atoms with Gasteiger partial charge in [0.25, 0.3) is 0 Å². The molecule has 17 heavy (non-hydrogen) atoms. The Labute approximate surface area is 100 Å². The molecule has 2 atom stereocenters. The van der Waals surface area contributed by atoms with Gasteiger partial charge in [-0.15, -0.1) is 0 Å². The molecule has 0 aliphatic carbocycles. The minimum atomic E-state index is -1.93. The number of aliphatic hydroxyl groups is 1. The van der Waals surface area contributed by atoms with E-state index in [9.17, 15) is 14.7 Å². The third-order valence-electron chi connectivity index (χ3n) is 3.17. The maximum Gasteiger partial charge on any atom is 0.337 e. The molecule has 4 N–H and O–H groups in total. The van der Waals surface area contributed by atoms with Crippen molar-refractivity contribution < 1.29 is 19.8 Å². The Bertz CT molecular complexity index is 309. The molecule has 1 amide bonds. The van der Waals surface area contributed by atoms with E-state index in [1.165, 1.54) is 0 Å². The van der Waals surface area contributed by atoms with Gasteiger partial charge in [-0.3, -0.25) is 4.79 Å². The summed E-state index contributed by atoms with van der Waals surface area (Å²) >= 11 is 0. The quantitative estimate of drug-likeness (QED) is 0.533. The number of carboxylic acid groups (broad SMARTS) is 1. The Morgan fingerprint density at radius 1 is 1.47 bits per heavy atom. The van der Waals surface area contributed by atoms with Crippen molar-refractivity contribution in [2.75, 3.05) is 13.1 Å². The van der Waals surface area contributed by atoms with Crippen LogP contribution in [-0.4, -0.2) is 46.3 Å². The third kappa shape index (κ3) is 3.41. The topological polar surface area (TPSA) is 98.7 Å². The van der Waals surface area contributed by atoms with Crippen molar-refractivity contribution in [3.8, 4) is 0 Å². The fourth-order valence-electron chi connectivity index (χ4n) is 1.77. The van der Waals surface area contributed by atoms with E-state index in [-0.39, 0.29) is 12.5 Å². The van der Waals surface area contributed by atoms with E-state index in [1.54, 1.807) is 6.92 Å². The van der Waals surface area contributed by atoms with Crippen molar-refractivity contribution in [3.63, 3.8) is 0 Å². The molecule has 2 unspecified atom stereocenters. The van der Waals surface area contributed by atoms with Gasteiger partial charge in [0, 0.05) is 0 Å². The molecular formula is C11H20N2O4. The van der Waals surface area contributed by atoms with Gasteiger partial charge in [0.05, 0.1) is 12.1 Å². The SMILES string of the molecule is CC(O)(CNC(=O)C1(C)CCCCN1)C(=O)O. The summed E-state index contributed by atoms with van der Waals surface area (Å²) in [7, 11) is 0. The number of rotatable bonds is 4. The zero-order chi connectivity index (χ0) is 13.1. The number of amides is 1. The van der Waals surface area contributed by atoms with Gasteiger partial charge in [0.15, 0.2) is 5.60 Å². The number of hydrogen-bond acceptors (Lipinski definition) is 4. The molecule has 6 heteroatoms. The van der Waals surface area contributed by atoms with Crippen molar-refractivity contribution in [3.05, 3.63) is 0 Å². The molecule has 0 aromatic heterocycles. The molecule has 1 aliphatic rings. The van der Waals surface area contributed by atoms with Gasteiger partial charge in [-0.05, 0) is 39.7 Å². The first kappa shape index (κ1) is 13.9. The number of carbonyl (C=O) groups is 2. The first-order valence-electron chi connectivity index (χ1n) is 5.77. The molecule has 1 heterocycles. The minimum absolute atomic E-state index is 0.265. The summed E-state index contributed by atoms with van der Waals surface area (Å²) in [5, 5.41) is 23.8. The summed E-state index contributed by atoms with van der Waals surface area (Å²) in [5.74, 6) is -1.61. The largest absolute Gasteiger partial charge is 0.479 e. The maximum absolute atomic E-state index is 11.9. The normalized spacial score (nSPS) is 28.2. The number of aliphatic carboxylic acids is 1. The summed E-state index contributed by atoms with van der Waals surface area (Å²) in [6.07, 6.45) is 2.72. The molecule has 0 spiro atoms. The number of piperidine rings is 1. The molecule has 0 bridgehead atoms. The van der Waals surface area contributed by atoms with Gasteiger partial charge in [0.2, 0.25) is 5.91 Å². The smallest absolute Gasteiger partial charge is 0.337 e. The van der Waals surface area contributed by atoms with Gasteiger partial charge in [-0.1, -0.05) is 0 Å². The molecule has 6 nitrogen and oxygen atoms in total. The lowest BCUT2D eigenvalue weighted by Crippen LogP contribution is -2.59. The van der Waals surface area contributed by atoms with Gasteiger partial charge in [0.1, 0.15) is 0 Å². The zero-order valence-electron chi connectivity index (χ0n) is 10.2. The van der Waals surface area contributed by atoms with E-state index in [0.717, 1.165) is 26.3 Å². The second kappa shape index (κ2) is 5.01. The van der Waals surface area contributed by atoms with E-state index < -0.39 is 17.1 Å². The average molecular weight is 244 g/mol. The highest BCUT2D eigenvalue weighted by Gasteiger charge is 2.37. The third-order valence-corrected chi connectivity index (χ3v) is 3.17. The summed E-state index contributed by atoms with van der Waals surface area (Å²) < 4.78 is 0. The van der Waals surface area contributed by atoms with Crippen LogP contribution in [0.4, 0.5) is 0 Å². The fourth-order valence-corrected chi connectivity index (χ4v) is 1.77. The highest BCUT2D eigenvalue weighted by atomic mass is 16.4. The maximum atomic E-state index is 11.9. The highest BCUT2D eigenvalue weighted by molar-refractivity contribution is 5.87. The molecule has 1 aliphatic heterocycles. The van der Waals surface area contributed by atoms with Crippen molar-refractivity contribution >= 4 is 11.9 Å². The first-order chi connectivity index (χ1) is 7.78. The van der Waals surface area contributed by atoms with Gasteiger partial charge in [-0.25, -0.2) is 4.79 Å². The summed E-state index contributed by atoms with van der Waals surface area (Å²) in [6, 6.07) is 0. The van der Waals surface area contributed by atoms with E-state index in [1.807, 2.05) is 0 Å². The average Bonchev–Trinajstić information content (AvgIpc) is 2.26. The van der Waals surface area contributed by atoms with Gasteiger partial charge < -0.3 is 20.8 Å². The fraction of sp³-hybridized carbons (Fsp3) is 0.818. The van der Waals surface area contributed by atoms with Crippen LogP contribution in [0.2, 0.25) is 0 Å². The summed E-state index contributed by atoms with van der Waals surface area (Å²) in [6.45, 7) is 3.43. The predicted octanol–water partition coefficient (Wildman–Crippen LogP) is -0.530. The lowest BCUT2D eigenvalue weighted by atomic mass is 9.90. The predicted molar refractivity (Wildman–Crippen MR) is 61.5 cm³/mol. The van der Waals surface area contributed by atoms with Crippen LogP contribution in [0.5, 0.6) is 0 Å². The second-order valence-corrected chi connectivity index (χ2v) is 4.98. The molecule has 1 rings (SSSR count). The Hall–Kier alpha value is -1.14. The van der Waals surface area contributed by atoms with Crippen molar-refractivity contribution in [2.45, 2.75) is 44.2 Å². The molecule has 0 radical (unpaired) electrons. The lowest BCUT2D eigenvalue weighted by Gasteiger charge is -2.34. The highest BCUT2D eigenvalue weighted by Crippen LogP contribution is 2.18. The monoisotopic (exact) mass is 244 g/mol. The molecular weight excluding hydrogens is 224 g/mol. The first-order valence-corrected chi connectivity index (χ1v) is 5.77. The van der Waals surface area contributed by atoms with Crippen LogP contribution in [0.1, 0.15) is 33.1 Å².